The molecule has 0 fully saturated rings. The largest absolute Gasteiger partial charge is 0.496 e. The maximum absolute atomic E-state index is 5.41. The van der Waals surface area contributed by atoms with Gasteiger partial charge in [-0.15, -0.1) is 0 Å². The van der Waals surface area contributed by atoms with Crippen molar-refractivity contribution in [2.24, 2.45) is 0 Å². The van der Waals surface area contributed by atoms with E-state index in [1.165, 1.54) is 5.56 Å². The van der Waals surface area contributed by atoms with E-state index < -0.39 is 0 Å². The molecule has 1 atom stereocenters. The van der Waals surface area contributed by atoms with Crippen molar-refractivity contribution in [3.05, 3.63) is 28.2 Å². The van der Waals surface area contributed by atoms with Gasteiger partial charge in [-0.05, 0) is 67.4 Å². The molecular formula is C15H24BrNO2. The van der Waals surface area contributed by atoms with Crippen LogP contribution in [0.3, 0.4) is 0 Å². The summed E-state index contributed by atoms with van der Waals surface area (Å²) in [6.45, 7) is 7.28. The smallest absolute Gasteiger partial charge is 0.133 e. The molecule has 0 spiro atoms. The molecule has 0 saturated carbocycles. The summed E-state index contributed by atoms with van der Waals surface area (Å²) in [6.07, 6.45) is 0.977. The van der Waals surface area contributed by atoms with Crippen LogP contribution in [-0.4, -0.2) is 26.4 Å². The van der Waals surface area contributed by atoms with Crippen LogP contribution in [0.5, 0.6) is 5.75 Å². The summed E-state index contributed by atoms with van der Waals surface area (Å²) in [5.41, 5.74) is 1.16. The van der Waals surface area contributed by atoms with Crippen molar-refractivity contribution in [1.82, 2.24) is 5.32 Å². The lowest BCUT2D eigenvalue weighted by Gasteiger charge is -2.24. The van der Waals surface area contributed by atoms with Crippen LogP contribution in [0.25, 0.3) is 0 Å². The highest BCUT2D eigenvalue weighted by molar-refractivity contribution is 9.10. The van der Waals surface area contributed by atoms with Gasteiger partial charge in [0.25, 0.3) is 0 Å². The maximum Gasteiger partial charge on any atom is 0.133 e. The van der Waals surface area contributed by atoms with Crippen LogP contribution >= 0.6 is 15.9 Å². The third-order valence-corrected chi connectivity index (χ3v) is 4.03. The third kappa shape index (κ3) is 5.13. The highest BCUT2D eigenvalue weighted by atomic mass is 79.9. The molecular weight excluding hydrogens is 306 g/mol. The van der Waals surface area contributed by atoms with E-state index in [0.29, 0.717) is 6.04 Å². The molecule has 1 rings (SSSR count). The zero-order valence-electron chi connectivity index (χ0n) is 12.4. The van der Waals surface area contributed by atoms with Crippen LogP contribution < -0.4 is 10.1 Å². The van der Waals surface area contributed by atoms with Crippen LogP contribution in [0.4, 0.5) is 0 Å². The van der Waals surface area contributed by atoms with Gasteiger partial charge in [-0.3, -0.25) is 0 Å². The van der Waals surface area contributed by atoms with E-state index in [2.05, 4.69) is 54.2 Å². The summed E-state index contributed by atoms with van der Waals surface area (Å²) in [6, 6.07) is 6.46. The molecule has 0 saturated heterocycles. The van der Waals surface area contributed by atoms with Crippen molar-refractivity contribution < 1.29 is 9.47 Å². The zero-order valence-corrected chi connectivity index (χ0v) is 14.0. The molecule has 0 aliphatic heterocycles. The quantitative estimate of drug-likeness (QED) is 0.822. The highest BCUT2D eigenvalue weighted by Gasteiger charge is 2.16. The first-order valence-electron chi connectivity index (χ1n) is 6.51. The van der Waals surface area contributed by atoms with Gasteiger partial charge in [-0.2, -0.15) is 0 Å². The van der Waals surface area contributed by atoms with Gasteiger partial charge in [0.1, 0.15) is 5.75 Å². The molecule has 0 amide bonds. The van der Waals surface area contributed by atoms with Crippen LogP contribution in [-0.2, 0) is 4.74 Å². The summed E-state index contributed by atoms with van der Waals surface area (Å²) >= 11 is 3.51. The van der Waals surface area contributed by atoms with Gasteiger partial charge in [0.15, 0.2) is 0 Å². The lowest BCUT2D eigenvalue weighted by Crippen LogP contribution is -2.30. The second-order valence-corrected chi connectivity index (χ2v) is 6.14. The Hall–Kier alpha value is -0.580. The summed E-state index contributed by atoms with van der Waals surface area (Å²) in [4.78, 5) is 0. The molecule has 108 valence electrons. The highest BCUT2D eigenvalue weighted by Crippen LogP contribution is 2.28. The molecule has 1 unspecified atom stereocenters. The Labute approximate surface area is 124 Å². The molecule has 1 N–H and O–H groups in total. The Morgan fingerprint density at radius 2 is 2.00 bits per heavy atom. The van der Waals surface area contributed by atoms with Gasteiger partial charge in [-0.25, -0.2) is 0 Å². The molecule has 0 aliphatic rings. The van der Waals surface area contributed by atoms with Crippen LogP contribution in [0, 0.1) is 0 Å². The maximum atomic E-state index is 5.41. The second kappa shape index (κ2) is 7.27. The van der Waals surface area contributed by atoms with E-state index in [1.54, 1.807) is 14.2 Å². The van der Waals surface area contributed by atoms with Gasteiger partial charge in [0, 0.05) is 13.2 Å². The fourth-order valence-corrected chi connectivity index (χ4v) is 2.32. The summed E-state index contributed by atoms with van der Waals surface area (Å²) in [5, 5.41) is 3.51. The summed E-state index contributed by atoms with van der Waals surface area (Å²) in [7, 11) is 3.43. The molecule has 0 bridgehead atoms. The predicted octanol–water partition coefficient (Wildman–Crippen LogP) is 3.92. The van der Waals surface area contributed by atoms with Crippen molar-refractivity contribution in [3.63, 3.8) is 0 Å². The SMILES string of the molecule is COc1ccc(C(C)NCCC(C)(C)OC)cc1Br. The number of hydrogen-bond donors (Lipinski definition) is 1. The van der Waals surface area contributed by atoms with E-state index in [9.17, 15) is 0 Å². The minimum atomic E-state index is -0.0762. The van der Waals surface area contributed by atoms with Crippen molar-refractivity contribution in [1.29, 1.82) is 0 Å². The average Bonchev–Trinajstić information content (AvgIpc) is 2.38. The molecule has 4 heteroatoms. The number of rotatable bonds is 7. The molecule has 1 aromatic carbocycles. The minimum absolute atomic E-state index is 0.0762. The summed E-state index contributed by atoms with van der Waals surface area (Å²) < 4.78 is 11.6. The Morgan fingerprint density at radius 3 is 2.53 bits per heavy atom. The fraction of sp³-hybridized carbons (Fsp3) is 0.600. The molecule has 0 heterocycles. The average molecular weight is 330 g/mol. The minimum Gasteiger partial charge on any atom is -0.496 e. The van der Waals surface area contributed by atoms with Crippen LogP contribution in [0.1, 0.15) is 38.8 Å². The van der Waals surface area contributed by atoms with E-state index in [1.807, 2.05) is 6.07 Å². The number of halogens is 1. The molecule has 19 heavy (non-hydrogen) atoms. The zero-order chi connectivity index (χ0) is 14.5. The van der Waals surface area contributed by atoms with Gasteiger partial charge in [0.05, 0.1) is 17.2 Å². The molecule has 0 radical (unpaired) electrons. The monoisotopic (exact) mass is 329 g/mol. The van der Waals surface area contributed by atoms with Gasteiger partial charge >= 0.3 is 0 Å². The number of hydrogen-bond acceptors (Lipinski definition) is 3. The second-order valence-electron chi connectivity index (χ2n) is 5.28. The molecule has 0 aromatic heterocycles. The fourth-order valence-electron chi connectivity index (χ4n) is 1.76. The van der Waals surface area contributed by atoms with E-state index in [4.69, 9.17) is 9.47 Å². The third-order valence-electron chi connectivity index (χ3n) is 3.41. The summed E-state index contributed by atoms with van der Waals surface area (Å²) in [5.74, 6) is 0.858. The molecule has 3 nitrogen and oxygen atoms in total. The van der Waals surface area contributed by atoms with Gasteiger partial charge < -0.3 is 14.8 Å². The molecule has 1 aromatic rings. The topological polar surface area (TPSA) is 30.5 Å². The van der Waals surface area contributed by atoms with E-state index in [-0.39, 0.29) is 5.60 Å². The standard InChI is InChI=1S/C15H24BrNO2/c1-11(17-9-8-15(2,3)19-5)12-6-7-14(18-4)13(16)10-12/h6-7,10-11,17H,8-9H2,1-5H3. The molecule has 0 aliphatic carbocycles. The normalized spacial score (nSPS) is 13.4. The number of benzene rings is 1. The predicted molar refractivity (Wildman–Crippen MR) is 82.8 cm³/mol. The van der Waals surface area contributed by atoms with E-state index >= 15 is 0 Å². The van der Waals surface area contributed by atoms with Crippen molar-refractivity contribution in [2.75, 3.05) is 20.8 Å². The number of methoxy groups -OCH3 is 2. The first-order valence-corrected chi connectivity index (χ1v) is 7.31. The number of ether oxygens (including phenoxy) is 2. The Kier molecular flexibility index (Phi) is 6.30. The first-order chi connectivity index (χ1) is 8.89. The van der Waals surface area contributed by atoms with Crippen LogP contribution in [0.15, 0.2) is 22.7 Å². The number of nitrogens with one attached hydrogen (secondary N) is 1. The Bertz CT molecular complexity index is 407. The van der Waals surface area contributed by atoms with E-state index in [0.717, 1.165) is 23.2 Å². The Balaban J connectivity index is 2.54. The van der Waals surface area contributed by atoms with Crippen LogP contribution in [0.2, 0.25) is 0 Å². The van der Waals surface area contributed by atoms with Gasteiger partial charge in [0.2, 0.25) is 0 Å². The van der Waals surface area contributed by atoms with Crippen molar-refractivity contribution in [3.8, 4) is 5.75 Å². The lowest BCUT2D eigenvalue weighted by molar-refractivity contribution is 0.0154. The lowest BCUT2D eigenvalue weighted by atomic mass is 10.0. The first kappa shape index (κ1) is 16.5. The van der Waals surface area contributed by atoms with Crippen molar-refractivity contribution >= 4 is 15.9 Å². The Morgan fingerprint density at radius 1 is 1.32 bits per heavy atom. The van der Waals surface area contributed by atoms with Gasteiger partial charge in [-0.1, -0.05) is 6.07 Å². The van der Waals surface area contributed by atoms with Crippen molar-refractivity contribution in [2.45, 2.75) is 38.8 Å².